The summed E-state index contributed by atoms with van der Waals surface area (Å²) in [6, 6.07) is 6.58. The molecule has 1 aromatic rings. The van der Waals surface area contributed by atoms with Crippen molar-refractivity contribution >= 4 is 23.5 Å². The Bertz CT molecular complexity index is 488. The summed E-state index contributed by atoms with van der Waals surface area (Å²) < 4.78 is 0. The molecule has 19 heavy (non-hydrogen) atoms. The first-order valence-corrected chi connectivity index (χ1v) is 5.59. The molecule has 0 aliphatic carbocycles. The molecule has 0 aromatic heterocycles. The molecule has 0 saturated heterocycles. The van der Waals surface area contributed by atoms with Gasteiger partial charge in [0.1, 0.15) is 0 Å². The van der Waals surface area contributed by atoms with Crippen molar-refractivity contribution in [3.8, 4) is 0 Å². The van der Waals surface area contributed by atoms with Crippen molar-refractivity contribution < 1.29 is 19.5 Å². The topological polar surface area (TPSA) is 122 Å². The average molecular weight is 265 g/mol. The lowest BCUT2D eigenvalue weighted by molar-refractivity contribution is -0.136. The van der Waals surface area contributed by atoms with Crippen LogP contribution in [0.4, 0.5) is 5.69 Å². The molecular formula is C12H15N3O4. The van der Waals surface area contributed by atoms with Crippen LogP contribution in [0, 0.1) is 0 Å². The number of anilines is 1. The first-order valence-electron chi connectivity index (χ1n) is 5.59. The zero-order valence-corrected chi connectivity index (χ0v) is 10.2. The van der Waals surface area contributed by atoms with E-state index >= 15 is 0 Å². The Balaban J connectivity index is 2.63. The molecule has 0 aliphatic heterocycles. The van der Waals surface area contributed by atoms with Crippen LogP contribution < -0.4 is 16.4 Å². The summed E-state index contributed by atoms with van der Waals surface area (Å²) in [5, 5.41) is 13.6. The van der Waals surface area contributed by atoms with Crippen molar-refractivity contribution in [1.82, 2.24) is 5.32 Å². The number of para-hydroxylation sites is 1. The summed E-state index contributed by atoms with van der Waals surface area (Å²) in [7, 11) is 0. The van der Waals surface area contributed by atoms with Crippen LogP contribution in [0.5, 0.6) is 0 Å². The molecule has 7 heteroatoms. The molecular weight excluding hydrogens is 250 g/mol. The van der Waals surface area contributed by atoms with Gasteiger partial charge in [-0.05, 0) is 11.6 Å². The van der Waals surface area contributed by atoms with E-state index in [1.54, 1.807) is 24.3 Å². The minimum Gasteiger partial charge on any atom is -0.481 e. The maximum absolute atomic E-state index is 11.6. The van der Waals surface area contributed by atoms with Gasteiger partial charge in [-0.25, -0.2) is 0 Å². The number of aliphatic carboxylic acids is 1. The van der Waals surface area contributed by atoms with E-state index < -0.39 is 17.8 Å². The van der Waals surface area contributed by atoms with Crippen LogP contribution >= 0.6 is 0 Å². The van der Waals surface area contributed by atoms with Gasteiger partial charge in [0, 0.05) is 5.69 Å². The fourth-order valence-electron chi connectivity index (χ4n) is 1.40. The van der Waals surface area contributed by atoms with Gasteiger partial charge in [0.05, 0.1) is 19.5 Å². The Morgan fingerprint density at radius 2 is 1.84 bits per heavy atom. The number of hydrogen-bond acceptors (Lipinski definition) is 4. The number of nitrogens with two attached hydrogens (primary N) is 1. The number of carboxylic acids is 1. The minimum absolute atomic E-state index is 0.189. The molecule has 5 N–H and O–H groups in total. The van der Waals surface area contributed by atoms with Gasteiger partial charge < -0.3 is 21.5 Å². The Kier molecular flexibility index (Phi) is 5.49. The maximum atomic E-state index is 11.6. The highest BCUT2D eigenvalue weighted by atomic mass is 16.4. The van der Waals surface area contributed by atoms with E-state index in [1.807, 2.05) is 0 Å². The lowest BCUT2D eigenvalue weighted by atomic mass is 10.1. The molecule has 0 radical (unpaired) electrons. The Labute approximate surface area is 109 Å². The summed E-state index contributed by atoms with van der Waals surface area (Å²) in [5.74, 6) is -1.87. The standard InChI is InChI=1S/C12H15N3O4/c13-6-10(16)14-7-11(17)15-9-4-2-1-3-8(9)5-12(18)19/h1-4H,5-7,13H2,(H,14,16)(H,15,17)(H,18,19). The van der Waals surface area contributed by atoms with E-state index in [9.17, 15) is 14.4 Å². The Hall–Kier alpha value is -2.41. The van der Waals surface area contributed by atoms with Crippen LogP contribution in [-0.4, -0.2) is 36.0 Å². The first kappa shape index (κ1) is 14.7. The van der Waals surface area contributed by atoms with Crippen molar-refractivity contribution in [1.29, 1.82) is 0 Å². The fraction of sp³-hybridized carbons (Fsp3) is 0.250. The number of carbonyl (C=O) groups excluding carboxylic acids is 2. The van der Waals surface area contributed by atoms with Crippen LogP contribution in [0.3, 0.4) is 0 Å². The van der Waals surface area contributed by atoms with Crippen LogP contribution in [0.1, 0.15) is 5.56 Å². The molecule has 1 rings (SSSR count). The fourth-order valence-corrected chi connectivity index (χ4v) is 1.40. The summed E-state index contributed by atoms with van der Waals surface area (Å²) in [5.41, 5.74) is 5.99. The van der Waals surface area contributed by atoms with Gasteiger partial charge in [-0.3, -0.25) is 14.4 Å². The second-order valence-corrected chi connectivity index (χ2v) is 3.76. The smallest absolute Gasteiger partial charge is 0.307 e. The molecule has 0 saturated carbocycles. The third kappa shape index (κ3) is 5.17. The van der Waals surface area contributed by atoms with Crippen LogP contribution in [0.2, 0.25) is 0 Å². The molecule has 7 nitrogen and oxygen atoms in total. The second-order valence-electron chi connectivity index (χ2n) is 3.76. The molecule has 0 spiro atoms. The number of hydrogen-bond donors (Lipinski definition) is 4. The van der Waals surface area contributed by atoms with E-state index in [4.69, 9.17) is 10.8 Å². The predicted octanol–water partition coefficient (Wildman–Crippen LogP) is -0.673. The quantitative estimate of drug-likeness (QED) is 0.543. The Morgan fingerprint density at radius 1 is 1.16 bits per heavy atom. The molecule has 1 aromatic carbocycles. The average Bonchev–Trinajstić information content (AvgIpc) is 2.37. The van der Waals surface area contributed by atoms with E-state index in [1.165, 1.54) is 0 Å². The normalized spacial score (nSPS) is 9.74. The highest BCUT2D eigenvalue weighted by Gasteiger charge is 2.09. The van der Waals surface area contributed by atoms with Crippen molar-refractivity contribution in [2.45, 2.75) is 6.42 Å². The molecule has 0 unspecified atom stereocenters. The number of carboxylic acid groups (broad SMARTS) is 1. The van der Waals surface area contributed by atoms with Crippen molar-refractivity contribution in [3.63, 3.8) is 0 Å². The summed E-state index contributed by atoms with van der Waals surface area (Å²) in [4.78, 5) is 33.1. The molecule has 0 bridgehead atoms. The van der Waals surface area contributed by atoms with Gasteiger partial charge in [-0.1, -0.05) is 18.2 Å². The van der Waals surface area contributed by atoms with Crippen LogP contribution in [-0.2, 0) is 20.8 Å². The number of carbonyl (C=O) groups is 3. The molecule has 102 valence electrons. The number of benzene rings is 1. The zero-order chi connectivity index (χ0) is 14.3. The van der Waals surface area contributed by atoms with Gasteiger partial charge in [0.15, 0.2) is 0 Å². The highest BCUT2D eigenvalue weighted by Crippen LogP contribution is 2.15. The van der Waals surface area contributed by atoms with Gasteiger partial charge in [0.2, 0.25) is 11.8 Å². The van der Waals surface area contributed by atoms with Crippen molar-refractivity contribution in [2.24, 2.45) is 5.73 Å². The monoisotopic (exact) mass is 265 g/mol. The van der Waals surface area contributed by atoms with Crippen LogP contribution in [0.15, 0.2) is 24.3 Å². The minimum atomic E-state index is -0.988. The number of nitrogens with one attached hydrogen (secondary N) is 2. The third-order valence-corrected chi connectivity index (χ3v) is 2.26. The third-order valence-electron chi connectivity index (χ3n) is 2.26. The van der Waals surface area contributed by atoms with Gasteiger partial charge in [-0.15, -0.1) is 0 Å². The zero-order valence-electron chi connectivity index (χ0n) is 10.2. The largest absolute Gasteiger partial charge is 0.481 e. The second kappa shape index (κ2) is 7.12. The van der Waals surface area contributed by atoms with E-state index in [-0.39, 0.29) is 19.5 Å². The SMILES string of the molecule is NCC(=O)NCC(=O)Nc1ccccc1CC(=O)O. The highest BCUT2D eigenvalue weighted by molar-refractivity contribution is 5.95. The van der Waals surface area contributed by atoms with Gasteiger partial charge in [-0.2, -0.15) is 0 Å². The Morgan fingerprint density at radius 3 is 2.47 bits per heavy atom. The van der Waals surface area contributed by atoms with E-state index in [0.29, 0.717) is 11.3 Å². The van der Waals surface area contributed by atoms with Gasteiger partial charge in [0.25, 0.3) is 0 Å². The summed E-state index contributed by atoms with van der Waals surface area (Å²) in [6.07, 6.45) is -0.189. The molecule has 0 heterocycles. The summed E-state index contributed by atoms with van der Waals surface area (Å²) in [6.45, 7) is -0.402. The molecule has 0 aliphatic rings. The van der Waals surface area contributed by atoms with Crippen molar-refractivity contribution in [3.05, 3.63) is 29.8 Å². The van der Waals surface area contributed by atoms with Gasteiger partial charge >= 0.3 is 5.97 Å². The molecule has 2 amide bonds. The molecule has 0 fully saturated rings. The number of rotatable bonds is 6. The maximum Gasteiger partial charge on any atom is 0.307 e. The number of amides is 2. The lowest BCUT2D eigenvalue weighted by Gasteiger charge is -2.10. The first-order chi connectivity index (χ1) is 9.02. The predicted molar refractivity (Wildman–Crippen MR) is 68.5 cm³/mol. The van der Waals surface area contributed by atoms with Crippen molar-refractivity contribution in [2.75, 3.05) is 18.4 Å². The lowest BCUT2D eigenvalue weighted by Crippen LogP contribution is -2.36. The summed E-state index contributed by atoms with van der Waals surface area (Å²) >= 11 is 0. The van der Waals surface area contributed by atoms with E-state index in [0.717, 1.165) is 0 Å². The van der Waals surface area contributed by atoms with Crippen LogP contribution in [0.25, 0.3) is 0 Å². The van der Waals surface area contributed by atoms with E-state index in [2.05, 4.69) is 10.6 Å². The molecule has 0 atom stereocenters.